The number of likely N-dealkylation sites (N-methyl/N-ethyl adjacent to an activating group) is 1. The molecule has 28 heavy (non-hydrogen) atoms. The second-order valence-corrected chi connectivity index (χ2v) is 9.64. The van der Waals surface area contributed by atoms with Crippen molar-refractivity contribution >= 4 is 21.8 Å². The molecule has 0 aromatic heterocycles. The molecule has 0 amide bonds. The largest absolute Gasteiger partial charge is 0.490 e. The Balaban J connectivity index is 0.000000696. The minimum Gasteiger partial charge on any atom is -0.490 e. The van der Waals surface area contributed by atoms with Gasteiger partial charge in [0, 0.05) is 13.6 Å². The number of carboxylic acid groups (broad SMARTS) is 1. The number of hydrogen-bond acceptors (Lipinski definition) is 6. The number of fused-ring (bicyclic) bond motifs is 1. The zero-order valence-electron chi connectivity index (χ0n) is 17.2. The summed E-state index contributed by atoms with van der Waals surface area (Å²) in [5.74, 6) is 0.0859. The van der Waals surface area contributed by atoms with Crippen LogP contribution in [-0.2, 0) is 21.5 Å². The maximum Gasteiger partial charge on any atom is 0.320 e. The van der Waals surface area contributed by atoms with Gasteiger partial charge in [0.1, 0.15) is 18.4 Å². The van der Waals surface area contributed by atoms with Gasteiger partial charge in [-0.25, -0.2) is 0 Å². The quantitative estimate of drug-likeness (QED) is 0.605. The lowest BCUT2D eigenvalue weighted by molar-refractivity contribution is -0.139. The molecule has 1 aliphatic heterocycles. The second kappa shape index (κ2) is 10.1. The molecular weight excluding hydrogens is 384 g/mol. The summed E-state index contributed by atoms with van der Waals surface area (Å²) >= 11 is 0. The fraction of sp³-hybridized carbons (Fsp3) is 0.632. The van der Waals surface area contributed by atoms with Crippen molar-refractivity contribution in [1.29, 1.82) is 0 Å². The highest BCUT2D eigenvalue weighted by molar-refractivity contribution is 7.85. The van der Waals surface area contributed by atoms with Crippen LogP contribution in [0.4, 0.5) is 5.69 Å². The van der Waals surface area contributed by atoms with Gasteiger partial charge in [0.25, 0.3) is 10.1 Å². The Kier molecular flexibility index (Phi) is 8.72. The molecule has 3 N–H and O–H groups in total. The molecule has 1 aliphatic rings. The van der Waals surface area contributed by atoms with Crippen LogP contribution >= 0.6 is 0 Å². The topological polar surface area (TPSA) is 116 Å². The van der Waals surface area contributed by atoms with Crippen molar-refractivity contribution in [3.05, 3.63) is 23.8 Å². The Morgan fingerprint density at radius 1 is 1.36 bits per heavy atom. The molecule has 1 aromatic rings. The molecule has 1 atom stereocenters. The summed E-state index contributed by atoms with van der Waals surface area (Å²) < 4.78 is 31.6. The monoisotopic (exact) mass is 416 g/mol. The van der Waals surface area contributed by atoms with Gasteiger partial charge in [-0.2, -0.15) is 8.42 Å². The van der Waals surface area contributed by atoms with Crippen molar-refractivity contribution in [2.75, 3.05) is 31.4 Å². The number of carboxylic acids is 1. The van der Waals surface area contributed by atoms with Crippen molar-refractivity contribution in [3.8, 4) is 5.75 Å². The molecule has 0 bridgehead atoms. The molecule has 8 nitrogen and oxygen atoms in total. The first-order chi connectivity index (χ1) is 12.8. The molecule has 1 heterocycles. The molecule has 0 radical (unpaired) electrons. The van der Waals surface area contributed by atoms with E-state index in [9.17, 15) is 18.3 Å². The van der Waals surface area contributed by atoms with E-state index in [-0.39, 0.29) is 5.41 Å². The van der Waals surface area contributed by atoms with Crippen LogP contribution in [0, 0.1) is 5.41 Å². The lowest BCUT2D eigenvalue weighted by Crippen LogP contribution is -2.37. The summed E-state index contributed by atoms with van der Waals surface area (Å²) in [6.45, 7) is 8.49. The van der Waals surface area contributed by atoms with E-state index < -0.39 is 22.1 Å². The van der Waals surface area contributed by atoms with Crippen LogP contribution in [0.3, 0.4) is 0 Å². The fourth-order valence-electron chi connectivity index (χ4n) is 2.64. The number of carbonyl (C=O) groups is 1. The average Bonchev–Trinajstić information content (AvgIpc) is 2.52. The predicted octanol–water partition coefficient (Wildman–Crippen LogP) is 2.39. The Hall–Kier alpha value is -1.84. The highest BCUT2D eigenvalue weighted by Gasteiger charge is 2.21. The Morgan fingerprint density at radius 3 is 2.50 bits per heavy atom. The zero-order valence-corrected chi connectivity index (χ0v) is 18.0. The van der Waals surface area contributed by atoms with E-state index in [1.54, 1.807) is 0 Å². The molecule has 0 saturated carbocycles. The number of rotatable bonds is 6. The zero-order chi connectivity index (χ0) is 21.5. The molecule has 0 saturated heterocycles. The van der Waals surface area contributed by atoms with Gasteiger partial charge in [0.15, 0.2) is 0 Å². The average molecular weight is 417 g/mol. The molecule has 1 aromatic carbocycles. The van der Waals surface area contributed by atoms with Gasteiger partial charge in [-0.15, -0.1) is 0 Å². The van der Waals surface area contributed by atoms with Crippen LogP contribution in [0.2, 0.25) is 0 Å². The first-order valence-electron chi connectivity index (χ1n) is 9.12. The lowest BCUT2D eigenvalue weighted by atomic mass is 9.88. The SMILES string of the molecule is CN1CCOc2cc(CN[C@@H](CCC(C)(C)C)C(=O)O)ccc21.CS(=O)(=O)O. The third-order valence-corrected chi connectivity index (χ3v) is 4.15. The number of benzene rings is 1. The third kappa shape index (κ3) is 9.91. The number of nitrogens with zero attached hydrogens (tertiary/aromatic N) is 1. The maximum absolute atomic E-state index is 11.4. The van der Waals surface area contributed by atoms with E-state index in [1.165, 1.54) is 0 Å². The van der Waals surface area contributed by atoms with E-state index in [0.717, 1.165) is 30.0 Å². The molecule has 0 unspecified atom stereocenters. The van der Waals surface area contributed by atoms with E-state index in [4.69, 9.17) is 9.29 Å². The molecule has 0 fully saturated rings. The van der Waals surface area contributed by atoms with Gasteiger partial charge in [0.2, 0.25) is 0 Å². The third-order valence-electron chi connectivity index (χ3n) is 4.15. The Bertz CT molecular complexity index is 750. The van der Waals surface area contributed by atoms with Crippen LogP contribution in [0.5, 0.6) is 5.75 Å². The highest BCUT2D eigenvalue weighted by Crippen LogP contribution is 2.31. The van der Waals surface area contributed by atoms with Gasteiger partial charge in [-0.05, 0) is 36.0 Å². The second-order valence-electron chi connectivity index (χ2n) is 8.18. The number of hydrogen-bond donors (Lipinski definition) is 3. The predicted molar refractivity (Wildman–Crippen MR) is 110 cm³/mol. The van der Waals surface area contributed by atoms with E-state index >= 15 is 0 Å². The first-order valence-corrected chi connectivity index (χ1v) is 11.0. The molecule has 160 valence electrons. The minimum atomic E-state index is -3.67. The molecule has 9 heteroatoms. The van der Waals surface area contributed by atoms with Crippen molar-refractivity contribution in [2.45, 2.75) is 46.2 Å². The number of aliphatic carboxylic acids is 1. The molecule has 0 aliphatic carbocycles. The van der Waals surface area contributed by atoms with Crippen LogP contribution in [0.1, 0.15) is 39.2 Å². The van der Waals surface area contributed by atoms with Crippen molar-refractivity contribution < 1.29 is 27.6 Å². The Morgan fingerprint density at radius 2 is 1.96 bits per heavy atom. The van der Waals surface area contributed by atoms with Crippen LogP contribution in [-0.4, -0.2) is 56.5 Å². The Labute approximate surface area is 167 Å². The van der Waals surface area contributed by atoms with Crippen molar-refractivity contribution in [3.63, 3.8) is 0 Å². The summed E-state index contributed by atoms with van der Waals surface area (Å²) in [7, 11) is -1.62. The minimum absolute atomic E-state index is 0.139. The lowest BCUT2D eigenvalue weighted by Gasteiger charge is -2.28. The molecule has 2 rings (SSSR count). The normalized spacial score (nSPS) is 15.0. The summed E-state index contributed by atoms with van der Waals surface area (Å²) in [4.78, 5) is 13.6. The van der Waals surface area contributed by atoms with Crippen molar-refractivity contribution in [1.82, 2.24) is 5.32 Å². The highest BCUT2D eigenvalue weighted by atomic mass is 32.2. The first kappa shape index (κ1) is 24.2. The van der Waals surface area contributed by atoms with Crippen molar-refractivity contribution in [2.24, 2.45) is 5.41 Å². The number of ether oxygens (including phenoxy) is 1. The van der Waals surface area contributed by atoms with Gasteiger partial charge in [-0.3, -0.25) is 9.35 Å². The summed E-state index contributed by atoms with van der Waals surface area (Å²) in [5, 5.41) is 12.5. The van der Waals surface area contributed by atoms with Gasteiger partial charge in [0.05, 0.1) is 18.5 Å². The van der Waals surface area contributed by atoms with Crippen LogP contribution in [0.25, 0.3) is 0 Å². The van der Waals surface area contributed by atoms with Gasteiger partial charge < -0.3 is 20.1 Å². The smallest absolute Gasteiger partial charge is 0.320 e. The number of anilines is 1. The molecular formula is C19H32N2O6S. The standard InChI is InChI=1S/C18H28N2O3.CH4O3S/c1-18(2,3)8-7-14(17(21)22)19-12-13-5-6-15-16(11-13)23-10-9-20(15)4;1-5(2,3)4/h5-6,11,14,19H,7-10,12H2,1-4H3,(H,21,22);1H3,(H,2,3,4)/t14-;/m0./s1. The maximum atomic E-state index is 11.4. The molecule has 0 spiro atoms. The van der Waals surface area contributed by atoms with E-state index in [1.807, 2.05) is 25.2 Å². The van der Waals surface area contributed by atoms with Crippen LogP contribution in [0.15, 0.2) is 18.2 Å². The number of nitrogens with one attached hydrogen (secondary N) is 1. The van der Waals surface area contributed by atoms with Gasteiger partial charge >= 0.3 is 5.97 Å². The fourth-order valence-corrected chi connectivity index (χ4v) is 2.64. The summed E-state index contributed by atoms with van der Waals surface area (Å²) in [5.41, 5.74) is 2.27. The van der Waals surface area contributed by atoms with Crippen LogP contribution < -0.4 is 15.0 Å². The summed E-state index contributed by atoms with van der Waals surface area (Å²) in [6, 6.07) is 5.55. The summed E-state index contributed by atoms with van der Waals surface area (Å²) in [6.07, 6.45) is 2.21. The van der Waals surface area contributed by atoms with E-state index in [2.05, 4.69) is 31.0 Å². The van der Waals surface area contributed by atoms with Gasteiger partial charge in [-0.1, -0.05) is 26.8 Å². The van der Waals surface area contributed by atoms with E-state index in [0.29, 0.717) is 25.8 Å².